The van der Waals surface area contributed by atoms with Gasteiger partial charge in [0.1, 0.15) is 0 Å². The molecule has 5 heteroatoms. The van der Waals surface area contributed by atoms with Gasteiger partial charge in [0, 0.05) is 14.1 Å². The summed E-state index contributed by atoms with van der Waals surface area (Å²) in [6, 6.07) is 8.16. The summed E-state index contributed by atoms with van der Waals surface area (Å²) in [5.41, 5.74) is -0.746. The van der Waals surface area contributed by atoms with Gasteiger partial charge >= 0.3 is 6.03 Å². The first-order valence-electron chi connectivity index (χ1n) is 5.56. The van der Waals surface area contributed by atoms with Crippen molar-refractivity contribution < 1.29 is 14.4 Å². The van der Waals surface area contributed by atoms with Gasteiger partial charge in [-0.25, -0.2) is 4.79 Å². The second kappa shape index (κ2) is 3.94. The van der Waals surface area contributed by atoms with Crippen LogP contribution in [0.4, 0.5) is 4.79 Å². The summed E-state index contributed by atoms with van der Waals surface area (Å²) >= 11 is 0. The Morgan fingerprint density at radius 3 is 1.78 bits per heavy atom. The number of hydrogen-bond donors (Lipinski definition) is 0. The molecule has 1 aromatic carbocycles. The molecular formula is C13H14N2O3. The fourth-order valence-electron chi connectivity index (χ4n) is 2.18. The summed E-state index contributed by atoms with van der Waals surface area (Å²) in [6.07, 6.45) is 0. The third-order valence-electron chi connectivity index (χ3n) is 3.39. The van der Waals surface area contributed by atoms with E-state index in [0.717, 1.165) is 9.80 Å². The molecule has 0 unspecified atom stereocenters. The van der Waals surface area contributed by atoms with E-state index in [1.165, 1.54) is 14.1 Å². The van der Waals surface area contributed by atoms with Crippen LogP contribution < -0.4 is 0 Å². The quantitative estimate of drug-likeness (QED) is 0.694. The molecule has 94 valence electrons. The summed E-state index contributed by atoms with van der Waals surface area (Å²) in [6.45, 7) is 1.55. The molecule has 1 heterocycles. The molecule has 0 saturated carbocycles. The Morgan fingerprint density at radius 2 is 1.33 bits per heavy atom. The van der Waals surface area contributed by atoms with Gasteiger partial charge < -0.3 is 0 Å². The van der Waals surface area contributed by atoms with Crippen molar-refractivity contribution in [3.8, 4) is 0 Å². The third-order valence-corrected chi connectivity index (χ3v) is 3.39. The van der Waals surface area contributed by atoms with Crippen molar-refractivity contribution in [1.82, 2.24) is 9.80 Å². The largest absolute Gasteiger partial charge is 0.332 e. The van der Waals surface area contributed by atoms with E-state index in [9.17, 15) is 14.4 Å². The van der Waals surface area contributed by atoms with E-state index >= 15 is 0 Å². The van der Waals surface area contributed by atoms with Crippen molar-refractivity contribution in [2.24, 2.45) is 0 Å². The highest BCUT2D eigenvalue weighted by molar-refractivity contribution is 6.22. The first kappa shape index (κ1) is 12.3. The first-order valence-corrected chi connectivity index (χ1v) is 5.56. The summed E-state index contributed by atoms with van der Waals surface area (Å²) in [7, 11) is 2.77. The lowest BCUT2D eigenvalue weighted by atomic mass is 9.78. The van der Waals surface area contributed by atoms with Gasteiger partial charge in [0.15, 0.2) is 5.41 Å². The molecule has 1 fully saturated rings. The molecule has 18 heavy (non-hydrogen) atoms. The molecule has 0 N–H and O–H groups in total. The van der Waals surface area contributed by atoms with E-state index in [2.05, 4.69) is 0 Å². The van der Waals surface area contributed by atoms with E-state index in [1.807, 2.05) is 6.07 Å². The maximum atomic E-state index is 12.3. The maximum absolute atomic E-state index is 12.3. The van der Waals surface area contributed by atoms with Crippen LogP contribution in [-0.4, -0.2) is 41.7 Å². The van der Waals surface area contributed by atoms with Crippen LogP contribution in [0.25, 0.3) is 0 Å². The van der Waals surface area contributed by atoms with Crippen LogP contribution >= 0.6 is 0 Å². The standard InChI is InChI=1S/C13H14N2O3/c1-13(9-7-5-4-6-8-9)10(16)14(2)12(18)15(3)11(13)17/h4-8H,1-3H3. The molecule has 5 nitrogen and oxygen atoms in total. The number of likely N-dealkylation sites (N-methyl/N-ethyl adjacent to an activating group) is 2. The number of carbonyl (C=O) groups excluding carboxylic acids is 3. The number of imide groups is 2. The van der Waals surface area contributed by atoms with Gasteiger partial charge in [-0.3, -0.25) is 19.4 Å². The van der Waals surface area contributed by atoms with Crippen molar-refractivity contribution >= 4 is 17.8 Å². The highest BCUT2D eigenvalue weighted by Crippen LogP contribution is 2.31. The van der Waals surface area contributed by atoms with Gasteiger partial charge in [0.2, 0.25) is 11.8 Å². The smallest absolute Gasteiger partial charge is 0.273 e. The number of carbonyl (C=O) groups is 3. The number of benzene rings is 1. The summed E-state index contributed by atoms with van der Waals surface area (Å²) in [5, 5.41) is 0. The minimum atomic E-state index is -1.33. The van der Waals surface area contributed by atoms with E-state index in [4.69, 9.17) is 0 Å². The van der Waals surface area contributed by atoms with E-state index < -0.39 is 23.3 Å². The normalized spacial score (nSPS) is 19.4. The van der Waals surface area contributed by atoms with Crippen molar-refractivity contribution in [2.75, 3.05) is 14.1 Å². The monoisotopic (exact) mass is 246 g/mol. The van der Waals surface area contributed by atoms with Crippen LogP contribution in [0.5, 0.6) is 0 Å². The van der Waals surface area contributed by atoms with Gasteiger partial charge in [-0.2, -0.15) is 0 Å². The summed E-state index contributed by atoms with van der Waals surface area (Å²) in [4.78, 5) is 38.2. The zero-order valence-corrected chi connectivity index (χ0v) is 10.5. The lowest BCUT2D eigenvalue weighted by molar-refractivity contribution is -0.149. The molecule has 1 saturated heterocycles. The Hall–Kier alpha value is -2.17. The molecule has 1 aromatic rings. The van der Waals surface area contributed by atoms with Crippen LogP contribution in [0.3, 0.4) is 0 Å². The lowest BCUT2D eigenvalue weighted by Gasteiger charge is -2.39. The molecule has 2 rings (SSSR count). The highest BCUT2D eigenvalue weighted by Gasteiger charge is 2.53. The molecule has 1 aliphatic rings. The second-order valence-electron chi connectivity index (χ2n) is 4.50. The number of nitrogens with zero attached hydrogens (tertiary/aromatic N) is 2. The van der Waals surface area contributed by atoms with Crippen LogP contribution in [0, 0.1) is 0 Å². The van der Waals surface area contributed by atoms with Crippen molar-refractivity contribution in [3.63, 3.8) is 0 Å². The van der Waals surface area contributed by atoms with Crippen molar-refractivity contribution in [2.45, 2.75) is 12.3 Å². The average molecular weight is 246 g/mol. The first-order chi connectivity index (χ1) is 8.40. The minimum absolute atomic E-state index is 0.498. The van der Waals surface area contributed by atoms with Crippen molar-refractivity contribution in [1.29, 1.82) is 0 Å². The van der Waals surface area contributed by atoms with Gasteiger partial charge in [0.05, 0.1) is 0 Å². The van der Waals surface area contributed by atoms with Gasteiger partial charge in [-0.05, 0) is 12.5 Å². The predicted octanol–water partition coefficient (Wildman–Crippen LogP) is 0.995. The van der Waals surface area contributed by atoms with Crippen molar-refractivity contribution in [3.05, 3.63) is 35.9 Å². The molecule has 0 aromatic heterocycles. The maximum Gasteiger partial charge on any atom is 0.332 e. The number of hydrogen-bond acceptors (Lipinski definition) is 3. The highest BCUT2D eigenvalue weighted by atomic mass is 16.2. The zero-order chi connectivity index (χ0) is 13.5. The Balaban J connectivity index is 2.58. The predicted molar refractivity (Wildman–Crippen MR) is 64.7 cm³/mol. The Labute approximate surface area is 105 Å². The van der Waals surface area contributed by atoms with Gasteiger partial charge in [0.25, 0.3) is 0 Å². The van der Waals surface area contributed by atoms with E-state index in [1.54, 1.807) is 31.2 Å². The number of amides is 4. The van der Waals surface area contributed by atoms with Gasteiger partial charge in [-0.15, -0.1) is 0 Å². The summed E-state index contributed by atoms with van der Waals surface area (Å²) < 4.78 is 0. The molecule has 0 atom stereocenters. The zero-order valence-electron chi connectivity index (χ0n) is 10.5. The average Bonchev–Trinajstić information content (AvgIpc) is 2.42. The molecule has 0 radical (unpaired) electrons. The van der Waals surface area contributed by atoms with Gasteiger partial charge in [-0.1, -0.05) is 30.3 Å². The van der Waals surface area contributed by atoms with E-state index in [0.29, 0.717) is 5.56 Å². The van der Waals surface area contributed by atoms with Crippen LogP contribution in [0.2, 0.25) is 0 Å². The van der Waals surface area contributed by atoms with Crippen LogP contribution in [0.15, 0.2) is 30.3 Å². The molecule has 0 spiro atoms. The Bertz CT molecular complexity index is 500. The second-order valence-corrected chi connectivity index (χ2v) is 4.50. The van der Waals surface area contributed by atoms with Crippen LogP contribution in [-0.2, 0) is 15.0 Å². The molecular weight excluding hydrogens is 232 g/mol. The fraction of sp³-hybridized carbons (Fsp3) is 0.308. The topological polar surface area (TPSA) is 57.7 Å². The molecule has 4 amide bonds. The minimum Gasteiger partial charge on any atom is -0.273 e. The lowest BCUT2D eigenvalue weighted by Crippen LogP contribution is -2.63. The molecule has 1 aliphatic heterocycles. The summed E-state index contributed by atoms with van der Waals surface area (Å²) in [5.74, 6) is -0.997. The number of rotatable bonds is 1. The SMILES string of the molecule is CN1C(=O)N(C)C(=O)C(C)(c2ccccc2)C1=O. The van der Waals surface area contributed by atoms with Crippen LogP contribution in [0.1, 0.15) is 12.5 Å². The number of urea groups is 1. The molecule has 0 aliphatic carbocycles. The fourth-order valence-corrected chi connectivity index (χ4v) is 2.18. The Morgan fingerprint density at radius 1 is 0.889 bits per heavy atom. The number of barbiturate groups is 1. The Kier molecular flexibility index (Phi) is 2.69. The third kappa shape index (κ3) is 1.44. The molecule has 0 bridgehead atoms. The van der Waals surface area contributed by atoms with E-state index in [-0.39, 0.29) is 0 Å².